The van der Waals surface area contributed by atoms with E-state index in [9.17, 15) is 4.79 Å². The van der Waals surface area contributed by atoms with Crippen LogP contribution in [-0.4, -0.2) is 38.3 Å². The summed E-state index contributed by atoms with van der Waals surface area (Å²) in [5.41, 5.74) is 3.97. The Labute approximate surface area is 204 Å². The van der Waals surface area contributed by atoms with Crippen LogP contribution in [0.25, 0.3) is 10.9 Å². The van der Waals surface area contributed by atoms with Crippen molar-refractivity contribution in [3.05, 3.63) is 83.9 Å². The molecule has 2 heterocycles. The summed E-state index contributed by atoms with van der Waals surface area (Å²) in [4.78, 5) is 19.9. The molecule has 0 radical (unpaired) electrons. The highest BCUT2D eigenvalue weighted by Crippen LogP contribution is 2.30. The summed E-state index contributed by atoms with van der Waals surface area (Å²) in [5, 5.41) is 3.79. The van der Waals surface area contributed by atoms with Crippen LogP contribution >= 0.6 is 0 Å². The number of rotatable bonds is 7. The van der Waals surface area contributed by atoms with Crippen molar-refractivity contribution in [2.24, 2.45) is 0 Å². The molecule has 0 bridgehead atoms. The van der Waals surface area contributed by atoms with Gasteiger partial charge in [0.15, 0.2) is 6.61 Å². The average molecular weight is 470 g/mol. The van der Waals surface area contributed by atoms with E-state index in [4.69, 9.17) is 19.2 Å². The smallest absolute Gasteiger partial charge is 0.262 e. The Morgan fingerprint density at radius 2 is 1.80 bits per heavy atom. The molecule has 0 fully saturated rings. The van der Waals surface area contributed by atoms with Gasteiger partial charge in [-0.3, -0.25) is 4.79 Å². The molecule has 1 aromatic heterocycles. The number of amides is 1. The Kier molecular flexibility index (Phi) is 6.39. The molecule has 1 N–H and O–H groups in total. The monoisotopic (exact) mass is 469 g/mol. The summed E-state index contributed by atoms with van der Waals surface area (Å²) in [7, 11) is 3.12. The molecule has 7 heteroatoms. The highest BCUT2D eigenvalue weighted by Gasteiger charge is 2.18. The molecule has 1 aliphatic rings. The summed E-state index contributed by atoms with van der Waals surface area (Å²) in [6.45, 7) is 1.56. The lowest BCUT2D eigenvalue weighted by atomic mass is 10.00. The zero-order valence-corrected chi connectivity index (χ0v) is 19.8. The van der Waals surface area contributed by atoms with Crippen LogP contribution in [-0.2, 0) is 17.8 Å². The molecule has 0 saturated heterocycles. The molecular formula is C28H27N3O4. The van der Waals surface area contributed by atoms with Crippen LogP contribution in [0.4, 0.5) is 11.5 Å². The zero-order valence-electron chi connectivity index (χ0n) is 19.8. The Morgan fingerprint density at radius 3 is 2.63 bits per heavy atom. The van der Waals surface area contributed by atoms with E-state index in [1.54, 1.807) is 32.4 Å². The molecule has 0 atom stereocenters. The topological polar surface area (TPSA) is 72.9 Å². The van der Waals surface area contributed by atoms with Crippen molar-refractivity contribution in [2.75, 3.05) is 37.6 Å². The van der Waals surface area contributed by atoms with Gasteiger partial charge >= 0.3 is 0 Å². The lowest BCUT2D eigenvalue weighted by Crippen LogP contribution is -2.30. The Morgan fingerprint density at radius 1 is 0.943 bits per heavy atom. The normalized spacial score (nSPS) is 12.7. The van der Waals surface area contributed by atoms with Crippen molar-refractivity contribution in [3.63, 3.8) is 0 Å². The molecule has 5 rings (SSSR count). The van der Waals surface area contributed by atoms with Gasteiger partial charge in [-0.2, -0.15) is 0 Å². The number of para-hydroxylation sites is 1. The summed E-state index contributed by atoms with van der Waals surface area (Å²) >= 11 is 0. The van der Waals surface area contributed by atoms with Gasteiger partial charge in [0.1, 0.15) is 28.6 Å². The van der Waals surface area contributed by atoms with Crippen LogP contribution in [0.2, 0.25) is 0 Å². The number of aromatic nitrogens is 1. The van der Waals surface area contributed by atoms with Crippen LogP contribution in [0, 0.1) is 0 Å². The minimum Gasteiger partial charge on any atom is -0.497 e. The SMILES string of the molecule is COc1ccc(OC)c(NC(=O)COc2cccc3ccc(N4CCc5ccccc5C4)nc23)c1. The molecule has 0 unspecified atom stereocenters. The molecule has 1 aliphatic heterocycles. The van der Waals surface area contributed by atoms with Gasteiger partial charge < -0.3 is 24.4 Å². The van der Waals surface area contributed by atoms with Gasteiger partial charge in [0, 0.05) is 24.5 Å². The third kappa shape index (κ3) is 4.84. The first-order valence-electron chi connectivity index (χ1n) is 11.5. The minimum atomic E-state index is -0.308. The number of anilines is 2. The van der Waals surface area contributed by atoms with E-state index in [0.29, 0.717) is 22.9 Å². The molecule has 7 nitrogen and oxygen atoms in total. The van der Waals surface area contributed by atoms with E-state index < -0.39 is 0 Å². The zero-order chi connectivity index (χ0) is 24.2. The first kappa shape index (κ1) is 22.5. The minimum absolute atomic E-state index is 0.164. The lowest BCUT2D eigenvalue weighted by Gasteiger charge is -2.30. The number of nitrogens with one attached hydrogen (secondary N) is 1. The second kappa shape index (κ2) is 9.93. The number of fused-ring (bicyclic) bond motifs is 2. The highest BCUT2D eigenvalue weighted by molar-refractivity contribution is 5.94. The average Bonchev–Trinajstić information content (AvgIpc) is 2.91. The van der Waals surface area contributed by atoms with Crippen LogP contribution in [0.3, 0.4) is 0 Å². The van der Waals surface area contributed by atoms with E-state index in [1.807, 2.05) is 30.3 Å². The standard InChI is InChI=1S/C28H27N3O4/c1-33-22-11-12-24(34-2)23(16-22)29-27(32)18-35-25-9-5-8-20-10-13-26(30-28(20)25)31-15-14-19-6-3-4-7-21(19)17-31/h3-13,16H,14-15,17-18H2,1-2H3,(H,29,32). The first-order valence-corrected chi connectivity index (χ1v) is 11.5. The number of nitrogens with zero attached hydrogens (tertiary/aromatic N) is 2. The Bertz CT molecular complexity index is 1370. The lowest BCUT2D eigenvalue weighted by molar-refractivity contribution is -0.118. The fourth-order valence-corrected chi connectivity index (χ4v) is 4.33. The number of hydrogen-bond donors (Lipinski definition) is 1. The molecule has 3 aromatic carbocycles. The second-order valence-corrected chi connectivity index (χ2v) is 8.34. The maximum atomic E-state index is 12.7. The predicted octanol–water partition coefficient (Wildman–Crippen LogP) is 4.83. The van der Waals surface area contributed by atoms with Crippen LogP contribution < -0.4 is 24.4 Å². The number of benzene rings is 3. The van der Waals surface area contributed by atoms with Gasteiger partial charge in [-0.25, -0.2) is 4.98 Å². The van der Waals surface area contributed by atoms with E-state index >= 15 is 0 Å². The maximum Gasteiger partial charge on any atom is 0.262 e. The van der Waals surface area contributed by atoms with Crippen molar-refractivity contribution in [2.45, 2.75) is 13.0 Å². The van der Waals surface area contributed by atoms with E-state index in [1.165, 1.54) is 11.1 Å². The third-order valence-corrected chi connectivity index (χ3v) is 6.16. The Balaban J connectivity index is 1.32. The highest BCUT2D eigenvalue weighted by atomic mass is 16.5. The fourth-order valence-electron chi connectivity index (χ4n) is 4.33. The largest absolute Gasteiger partial charge is 0.497 e. The fraction of sp³-hybridized carbons (Fsp3) is 0.214. The summed E-state index contributed by atoms with van der Waals surface area (Å²) in [5.74, 6) is 2.31. The summed E-state index contributed by atoms with van der Waals surface area (Å²) in [6, 6.07) is 23.6. The van der Waals surface area contributed by atoms with Crippen molar-refractivity contribution in [1.29, 1.82) is 0 Å². The molecule has 0 aliphatic carbocycles. The summed E-state index contributed by atoms with van der Waals surface area (Å²) < 4.78 is 16.5. The molecule has 0 saturated carbocycles. The first-order chi connectivity index (χ1) is 17.1. The number of pyridine rings is 1. The van der Waals surface area contributed by atoms with Crippen LogP contribution in [0.15, 0.2) is 72.8 Å². The van der Waals surface area contributed by atoms with Gasteiger partial charge in [0.2, 0.25) is 0 Å². The number of carbonyl (C=O) groups is 1. The van der Waals surface area contributed by atoms with Crippen molar-refractivity contribution < 1.29 is 19.0 Å². The predicted molar refractivity (Wildman–Crippen MR) is 137 cm³/mol. The van der Waals surface area contributed by atoms with Crippen LogP contribution in [0.1, 0.15) is 11.1 Å². The molecule has 1 amide bonds. The third-order valence-electron chi connectivity index (χ3n) is 6.16. The quantitative estimate of drug-likeness (QED) is 0.418. The van der Waals surface area contributed by atoms with Gasteiger partial charge in [0.25, 0.3) is 5.91 Å². The van der Waals surface area contributed by atoms with Gasteiger partial charge in [-0.15, -0.1) is 0 Å². The summed E-state index contributed by atoms with van der Waals surface area (Å²) in [6.07, 6.45) is 0.988. The number of carbonyl (C=O) groups excluding carboxylic acids is 1. The van der Waals surface area contributed by atoms with Crippen molar-refractivity contribution in [3.8, 4) is 17.2 Å². The number of methoxy groups -OCH3 is 2. The van der Waals surface area contributed by atoms with E-state index in [-0.39, 0.29) is 12.5 Å². The maximum absolute atomic E-state index is 12.7. The van der Waals surface area contributed by atoms with E-state index in [2.05, 4.69) is 34.5 Å². The Hall–Kier alpha value is -4.26. The van der Waals surface area contributed by atoms with Crippen LogP contribution in [0.5, 0.6) is 17.2 Å². The van der Waals surface area contributed by atoms with E-state index in [0.717, 1.165) is 36.2 Å². The molecular weight excluding hydrogens is 442 g/mol. The number of ether oxygens (including phenoxy) is 3. The van der Waals surface area contributed by atoms with Gasteiger partial charge in [-0.1, -0.05) is 36.4 Å². The van der Waals surface area contributed by atoms with Gasteiger partial charge in [0.05, 0.1) is 19.9 Å². The second-order valence-electron chi connectivity index (χ2n) is 8.34. The molecule has 178 valence electrons. The van der Waals surface area contributed by atoms with Crippen molar-refractivity contribution >= 4 is 28.3 Å². The van der Waals surface area contributed by atoms with Gasteiger partial charge in [-0.05, 0) is 47.9 Å². The molecule has 4 aromatic rings. The molecule has 35 heavy (non-hydrogen) atoms. The number of hydrogen-bond acceptors (Lipinski definition) is 6. The van der Waals surface area contributed by atoms with Crippen molar-refractivity contribution in [1.82, 2.24) is 4.98 Å². The molecule has 0 spiro atoms.